The van der Waals surface area contributed by atoms with Crippen LogP contribution in [0.15, 0.2) is 124 Å². The minimum absolute atomic E-state index is 0.0273. The van der Waals surface area contributed by atoms with E-state index < -0.39 is 15.5 Å². The van der Waals surface area contributed by atoms with Gasteiger partial charge in [-0.15, -0.1) is 0 Å². The quantitative estimate of drug-likeness (QED) is 0.0276. The lowest BCUT2D eigenvalue weighted by Gasteiger charge is -2.27. The van der Waals surface area contributed by atoms with E-state index in [0.717, 1.165) is 81.8 Å². The summed E-state index contributed by atoms with van der Waals surface area (Å²) in [5.74, 6) is 1.93. The SMILES string of the molecule is CC[N+](CC)=c1ccc2c(/C=C/C=C/C=C3/N(CCCCCC(=O)NCCCCNC(=O)Cc4c(C)n(C(=O)c5ccc(Cl)cc5)c5ccc(OC)cc45)c4ccc(S(=O)(=O)O)cc4C3(C)C)cc(C(C)(C)C)oc-2c1. The molecular weight excluding hydrogens is 998 g/mol. The van der Waals surface area contributed by atoms with Crippen LogP contribution in [0.3, 0.4) is 0 Å². The van der Waals surface area contributed by atoms with E-state index in [9.17, 15) is 27.4 Å². The summed E-state index contributed by atoms with van der Waals surface area (Å²) in [6, 6.07) is 25.5. The van der Waals surface area contributed by atoms with Crippen LogP contribution in [0.5, 0.6) is 5.75 Å². The molecule has 3 heterocycles. The summed E-state index contributed by atoms with van der Waals surface area (Å²) >= 11 is 6.08. The third kappa shape index (κ3) is 13.3. The van der Waals surface area contributed by atoms with Crippen LogP contribution >= 0.6 is 11.6 Å². The smallest absolute Gasteiger partial charge is 0.294 e. The molecule has 1 aliphatic carbocycles. The van der Waals surface area contributed by atoms with Crippen molar-refractivity contribution < 1.29 is 36.5 Å². The predicted molar refractivity (Wildman–Crippen MR) is 305 cm³/mol. The summed E-state index contributed by atoms with van der Waals surface area (Å²) in [6.45, 7) is 20.1. The van der Waals surface area contributed by atoms with Crippen LogP contribution in [0.25, 0.3) is 28.3 Å². The van der Waals surface area contributed by atoms with E-state index in [4.69, 9.17) is 20.8 Å². The fourth-order valence-electron chi connectivity index (χ4n) is 9.96. The Morgan fingerprint density at radius 2 is 1.55 bits per heavy atom. The van der Waals surface area contributed by atoms with Gasteiger partial charge in [-0.2, -0.15) is 8.42 Å². The Morgan fingerprint density at radius 1 is 0.842 bits per heavy atom. The standard InChI is InChI=1S/C61H72ClN5O8S/c1-10-65(11-2)45-27-30-48-43(36-56(60(4,5)6)75-54(48)37-45)20-14-12-15-21-55-61(7,8)51-39-47(76(71,72)73)29-32-53(51)66(55)35-19-13-16-22-57(68)63-33-17-18-34-64-58(69)40-49-41(3)67(52-31-28-46(74-9)38-50(49)52)59(70)42-23-25-44(62)26-24-42/h12,14-15,20-21,23-32,36-39H,10-11,13,16-19,22,33-35,40H2,1-9H3,(H2-,63,64,68,69,71,72,73)/p+1. The first-order valence-electron chi connectivity index (χ1n) is 26.3. The maximum absolute atomic E-state index is 13.7. The fourth-order valence-corrected chi connectivity index (χ4v) is 10.6. The van der Waals surface area contributed by atoms with Crippen LogP contribution in [0.2, 0.25) is 5.02 Å². The van der Waals surface area contributed by atoms with Gasteiger partial charge in [-0.25, -0.2) is 4.58 Å². The number of halogens is 1. The summed E-state index contributed by atoms with van der Waals surface area (Å²) in [5, 5.41) is 8.44. The molecule has 3 aliphatic rings. The Balaban J connectivity index is 0.917. The number of allylic oxidation sites excluding steroid dienone is 5. The minimum Gasteiger partial charge on any atom is -0.497 e. The number of methoxy groups -OCH3 is 1. The van der Waals surface area contributed by atoms with Crippen molar-refractivity contribution in [1.82, 2.24) is 19.8 Å². The highest BCUT2D eigenvalue weighted by Crippen LogP contribution is 2.48. The number of hydrogen-bond acceptors (Lipinski definition) is 8. The number of rotatable bonds is 21. The number of carbonyl (C=O) groups excluding carboxylic acids is 3. The number of anilines is 1. The van der Waals surface area contributed by atoms with Gasteiger partial charge in [0.15, 0.2) is 0 Å². The van der Waals surface area contributed by atoms with Gasteiger partial charge in [0.1, 0.15) is 30.4 Å². The molecule has 2 aliphatic heterocycles. The van der Waals surface area contributed by atoms with Crippen molar-refractivity contribution in [1.29, 1.82) is 0 Å². The predicted octanol–water partition coefficient (Wildman–Crippen LogP) is 11.4. The van der Waals surface area contributed by atoms with Gasteiger partial charge in [-0.1, -0.05) is 76.9 Å². The van der Waals surface area contributed by atoms with Gasteiger partial charge >= 0.3 is 0 Å². The molecule has 0 unspecified atom stereocenters. The van der Waals surface area contributed by atoms with Crippen molar-refractivity contribution in [3.8, 4) is 17.1 Å². The first kappa shape index (κ1) is 57.0. The van der Waals surface area contributed by atoms with Crippen LogP contribution in [0.4, 0.5) is 5.69 Å². The maximum Gasteiger partial charge on any atom is 0.294 e. The molecule has 0 saturated carbocycles. The van der Waals surface area contributed by atoms with Crippen molar-refractivity contribution in [2.75, 3.05) is 44.7 Å². The lowest BCUT2D eigenvalue weighted by Crippen LogP contribution is -2.29. The Bertz CT molecular complexity index is 3350. The first-order valence-corrected chi connectivity index (χ1v) is 28.1. The minimum atomic E-state index is -4.42. The zero-order chi connectivity index (χ0) is 55.0. The molecule has 0 saturated heterocycles. The number of hydrogen-bond donors (Lipinski definition) is 3. The van der Waals surface area contributed by atoms with Crippen molar-refractivity contribution >= 4 is 62.1 Å². The Labute approximate surface area is 453 Å². The average Bonchev–Trinajstić information content (AvgIpc) is 3.78. The second-order valence-corrected chi connectivity index (χ2v) is 22.7. The number of aromatic nitrogens is 1. The molecule has 7 rings (SSSR count). The molecule has 15 heteroatoms. The maximum atomic E-state index is 13.7. The number of fused-ring (bicyclic) bond motifs is 3. The number of nitrogens with one attached hydrogen (secondary N) is 2. The Hall–Kier alpha value is -6.74. The summed E-state index contributed by atoms with van der Waals surface area (Å²) in [7, 11) is -2.84. The van der Waals surface area contributed by atoms with E-state index in [2.05, 4.69) is 105 Å². The third-order valence-electron chi connectivity index (χ3n) is 14.3. The van der Waals surface area contributed by atoms with Crippen LogP contribution < -0.4 is 30.2 Å². The molecule has 0 spiro atoms. The normalized spacial score (nSPS) is 14.1. The van der Waals surface area contributed by atoms with Crippen LogP contribution in [-0.4, -0.2) is 75.1 Å². The zero-order valence-corrected chi connectivity index (χ0v) is 47.0. The van der Waals surface area contributed by atoms with Crippen molar-refractivity contribution in [3.05, 3.63) is 159 Å². The second-order valence-electron chi connectivity index (χ2n) is 20.9. The fraction of sp³-hybridized carbons (Fsp3) is 0.377. The van der Waals surface area contributed by atoms with E-state index in [0.29, 0.717) is 72.9 Å². The summed E-state index contributed by atoms with van der Waals surface area (Å²) < 4.78 is 50.3. The lowest BCUT2D eigenvalue weighted by molar-refractivity contribution is -0.121. The van der Waals surface area contributed by atoms with Gasteiger partial charge in [-0.3, -0.25) is 23.5 Å². The largest absolute Gasteiger partial charge is 0.497 e. The highest BCUT2D eigenvalue weighted by atomic mass is 35.5. The molecule has 0 atom stereocenters. The molecule has 3 aromatic carbocycles. The summed E-state index contributed by atoms with van der Waals surface area (Å²) in [5.41, 5.74) is 6.55. The molecule has 0 radical (unpaired) electrons. The van der Waals surface area contributed by atoms with Crippen molar-refractivity contribution in [3.63, 3.8) is 0 Å². The van der Waals surface area contributed by atoms with Crippen LogP contribution in [-0.2, 0) is 37.0 Å². The van der Waals surface area contributed by atoms with E-state index in [1.54, 1.807) is 54.1 Å². The van der Waals surface area contributed by atoms with E-state index in [1.165, 1.54) is 6.07 Å². The molecule has 3 N–H and O–H groups in total. The number of unbranched alkanes of at least 4 members (excludes halogenated alkanes) is 3. The monoisotopic (exact) mass is 1070 g/mol. The van der Waals surface area contributed by atoms with E-state index in [1.807, 2.05) is 37.3 Å². The Kier molecular flexibility index (Phi) is 18.4. The number of amides is 2. The zero-order valence-electron chi connectivity index (χ0n) is 45.4. The first-order chi connectivity index (χ1) is 36.2. The van der Waals surface area contributed by atoms with Gasteiger partial charge in [0.05, 0.1) is 30.0 Å². The molecule has 0 bridgehead atoms. The molecular formula is C61H73ClN5O8S+. The topological polar surface area (TPSA) is 163 Å². The van der Waals surface area contributed by atoms with Gasteiger partial charge < -0.3 is 24.7 Å². The van der Waals surface area contributed by atoms with Gasteiger partial charge in [0, 0.05) is 81.6 Å². The molecule has 402 valence electrons. The summed E-state index contributed by atoms with van der Waals surface area (Å²) in [6.07, 6.45) is 14.3. The highest BCUT2D eigenvalue weighted by molar-refractivity contribution is 7.85. The van der Waals surface area contributed by atoms with Crippen LogP contribution in [0.1, 0.15) is 125 Å². The average molecular weight is 1070 g/mol. The molecule has 0 fully saturated rings. The number of ether oxygens (including phenoxy) is 1. The van der Waals surface area contributed by atoms with E-state index >= 15 is 0 Å². The van der Waals surface area contributed by atoms with E-state index in [-0.39, 0.29) is 34.5 Å². The molecule has 2 amide bonds. The highest BCUT2D eigenvalue weighted by Gasteiger charge is 2.40. The third-order valence-corrected chi connectivity index (χ3v) is 15.4. The Morgan fingerprint density at radius 3 is 2.22 bits per heavy atom. The molecule has 76 heavy (non-hydrogen) atoms. The second kappa shape index (κ2) is 24.5. The van der Waals surface area contributed by atoms with Gasteiger partial charge in [0.25, 0.3) is 16.0 Å². The number of nitrogens with zero attached hydrogens (tertiary/aromatic N) is 3. The van der Waals surface area contributed by atoms with Gasteiger partial charge in [0.2, 0.25) is 17.2 Å². The lowest BCUT2D eigenvalue weighted by atomic mass is 9.83. The van der Waals surface area contributed by atoms with Gasteiger partial charge in [-0.05, 0) is 142 Å². The van der Waals surface area contributed by atoms with Crippen molar-refractivity contribution in [2.24, 2.45) is 0 Å². The van der Waals surface area contributed by atoms with Crippen molar-refractivity contribution in [2.45, 2.75) is 116 Å². The molecule has 1 aromatic heterocycles. The number of carbonyl (C=O) groups is 3. The molecule has 4 aromatic rings. The van der Waals surface area contributed by atoms with Crippen LogP contribution in [0, 0.1) is 6.92 Å². The number of benzene rings is 4. The molecule has 13 nitrogen and oxygen atoms in total. The summed E-state index contributed by atoms with van der Waals surface area (Å²) in [4.78, 5) is 41.9.